The number of fused-ring (bicyclic) bond motifs is 1. The average Bonchev–Trinajstić information content (AvgIpc) is 3.16. The van der Waals surface area contributed by atoms with E-state index in [9.17, 15) is 4.21 Å². The Morgan fingerprint density at radius 2 is 1.82 bits per heavy atom. The number of hydrogen-bond acceptors (Lipinski definition) is 9. The molecule has 2 aliphatic rings. The van der Waals surface area contributed by atoms with Gasteiger partial charge in [0.05, 0.1) is 38.2 Å². The van der Waals surface area contributed by atoms with Crippen molar-refractivity contribution in [2.24, 2.45) is 5.92 Å². The number of nitrogens with zero attached hydrogens (tertiary/aromatic N) is 3. The molecule has 13 heteroatoms. The fraction of sp³-hybridized carbons (Fsp3) is 0.630. The normalized spacial score (nSPS) is 20.6. The van der Waals surface area contributed by atoms with Gasteiger partial charge in [-0.2, -0.15) is 4.98 Å². The van der Waals surface area contributed by atoms with Crippen molar-refractivity contribution >= 4 is 40.3 Å². The monoisotopic (exact) mass is 596 g/mol. The summed E-state index contributed by atoms with van der Waals surface area (Å²) in [6.45, 7) is 3.52. The third-order valence-electron chi connectivity index (χ3n) is 7.78. The van der Waals surface area contributed by atoms with Gasteiger partial charge in [0.1, 0.15) is 10.8 Å². The maximum absolute atomic E-state index is 11.1. The zero-order valence-corrected chi connectivity index (χ0v) is 25.0. The number of methoxy groups -OCH3 is 3. The first-order valence-corrected chi connectivity index (χ1v) is 15.2. The van der Waals surface area contributed by atoms with Crippen molar-refractivity contribution in [3.8, 4) is 5.75 Å². The molecule has 1 aliphatic carbocycles. The molecule has 0 bridgehead atoms. The molecule has 1 aliphatic heterocycles. The van der Waals surface area contributed by atoms with Gasteiger partial charge in [-0.1, -0.05) is 24.4 Å². The molecular weight excluding hydrogens is 556 g/mol. The van der Waals surface area contributed by atoms with Crippen LogP contribution >= 0.6 is 11.6 Å². The van der Waals surface area contributed by atoms with Crippen molar-refractivity contribution in [3.63, 3.8) is 0 Å². The lowest BCUT2D eigenvalue weighted by Gasteiger charge is -2.32. The molecule has 0 saturated heterocycles. The predicted molar refractivity (Wildman–Crippen MR) is 158 cm³/mol. The van der Waals surface area contributed by atoms with Gasteiger partial charge in [-0.3, -0.25) is 9.45 Å². The van der Waals surface area contributed by atoms with E-state index in [1.54, 1.807) is 27.5 Å². The van der Waals surface area contributed by atoms with Crippen LogP contribution in [0.3, 0.4) is 0 Å². The highest BCUT2D eigenvalue weighted by atomic mass is 35.5. The highest BCUT2D eigenvalue weighted by Crippen LogP contribution is 2.34. The molecule has 1 aromatic carbocycles. The van der Waals surface area contributed by atoms with Crippen molar-refractivity contribution in [1.82, 2.24) is 19.6 Å². The summed E-state index contributed by atoms with van der Waals surface area (Å²) < 4.78 is 39.6. The lowest BCUT2D eigenvalue weighted by molar-refractivity contribution is 0.0377. The van der Waals surface area contributed by atoms with Crippen LogP contribution in [0.15, 0.2) is 18.3 Å². The maximum atomic E-state index is 11.1. The molecule has 3 atom stereocenters. The first kappa shape index (κ1) is 30.9. The standard InChI is InChI=1S/C27H41ClN6O5S/c1-37-16-21(17-38-2)34-10-8-18-12-24(25(39-3)13-19(18)9-11-34)32-27-29-15-22(28)26(33-27)31-23-7-5-4-6-20(23)14-30-40(35)36/h12-13,15,20-21,23,30H,4-11,14,16-17H2,1-3H3,(H,35,36)(H2,29,31,32,33)/t20-,23-/m1/s1. The third-order valence-corrected chi connectivity index (χ3v) is 8.47. The second kappa shape index (κ2) is 15.2. The van der Waals surface area contributed by atoms with Crippen LogP contribution in [-0.2, 0) is 33.6 Å². The smallest absolute Gasteiger partial charge is 0.231 e. The maximum Gasteiger partial charge on any atom is 0.231 e. The van der Waals surface area contributed by atoms with Crippen molar-refractivity contribution in [2.75, 3.05) is 64.8 Å². The molecule has 0 spiro atoms. The highest BCUT2D eigenvalue weighted by molar-refractivity contribution is 7.77. The molecule has 222 valence electrons. The number of anilines is 3. The van der Waals surface area contributed by atoms with E-state index in [2.05, 4.69) is 42.4 Å². The molecule has 1 unspecified atom stereocenters. The molecule has 2 aromatic rings. The quantitative estimate of drug-likeness (QED) is 0.254. The Kier molecular flexibility index (Phi) is 11.8. The van der Waals surface area contributed by atoms with E-state index < -0.39 is 11.3 Å². The van der Waals surface area contributed by atoms with E-state index in [0.717, 1.165) is 63.1 Å². The minimum atomic E-state index is -2.04. The fourth-order valence-electron chi connectivity index (χ4n) is 5.69. The molecule has 0 radical (unpaired) electrons. The Labute approximate surface area is 244 Å². The van der Waals surface area contributed by atoms with Crippen LogP contribution < -0.4 is 20.1 Å². The lowest BCUT2D eigenvalue weighted by atomic mass is 9.84. The minimum absolute atomic E-state index is 0.0788. The van der Waals surface area contributed by atoms with Crippen molar-refractivity contribution < 1.29 is 23.0 Å². The van der Waals surface area contributed by atoms with Crippen LogP contribution in [0.25, 0.3) is 0 Å². The van der Waals surface area contributed by atoms with E-state index in [-0.39, 0.29) is 18.0 Å². The Morgan fingerprint density at radius 1 is 1.12 bits per heavy atom. The Morgan fingerprint density at radius 3 is 2.50 bits per heavy atom. The summed E-state index contributed by atoms with van der Waals surface area (Å²) in [7, 11) is 5.11. The largest absolute Gasteiger partial charge is 0.495 e. The van der Waals surface area contributed by atoms with Gasteiger partial charge in [0.25, 0.3) is 0 Å². The number of nitrogens with one attached hydrogen (secondary N) is 3. The molecule has 1 saturated carbocycles. The summed E-state index contributed by atoms with van der Waals surface area (Å²) in [6.07, 6.45) is 7.42. The van der Waals surface area contributed by atoms with Crippen LogP contribution in [0.2, 0.25) is 5.02 Å². The van der Waals surface area contributed by atoms with Gasteiger partial charge in [0.15, 0.2) is 5.82 Å². The zero-order chi connectivity index (χ0) is 28.5. The summed E-state index contributed by atoms with van der Waals surface area (Å²) in [5.41, 5.74) is 3.31. The van der Waals surface area contributed by atoms with E-state index in [4.69, 9.17) is 30.4 Å². The topological polar surface area (TPSA) is 130 Å². The molecule has 4 rings (SSSR count). The third kappa shape index (κ3) is 8.25. The second-order valence-electron chi connectivity index (χ2n) is 10.3. The van der Waals surface area contributed by atoms with Crippen LogP contribution in [0.4, 0.5) is 17.5 Å². The molecule has 1 fully saturated rings. The Hall–Kier alpha value is -2.06. The number of rotatable bonds is 13. The van der Waals surface area contributed by atoms with Gasteiger partial charge in [-0.15, -0.1) is 0 Å². The number of benzene rings is 1. The predicted octanol–water partition coefficient (Wildman–Crippen LogP) is 3.64. The molecular formula is C27H41ClN6O5S. The number of halogens is 1. The molecule has 4 N–H and O–H groups in total. The first-order chi connectivity index (χ1) is 19.4. The molecule has 1 aromatic heterocycles. The van der Waals surface area contributed by atoms with Gasteiger partial charge >= 0.3 is 0 Å². The summed E-state index contributed by atoms with van der Waals surface area (Å²) in [5, 5.41) is 7.23. The highest BCUT2D eigenvalue weighted by Gasteiger charge is 2.27. The Balaban J connectivity index is 1.49. The van der Waals surface area contributed by atoms with Crippen LogP contribution in [0.5, 0.6) is 5.75 Å². The van der Waals surface area contributed by atoms with E-state index in [1.165, 1.54) is 11.1 Å². The summed E-state index contributed by atoms with van der Waals surface area (Å²) in [4.78, 5) is 11.5. The van der Waals surface area contributed by atoms with Gasteiger partial charge in [-0.25, -0.2) is 13.9 Å². The fourth-order valence-corrected chi connectivity index (χ4v) is 6.19. The van der Waals surface area contributed by atoms with Crippen LogP contribution in [0.1, 0.15) is 36.8 Å². The van der Waals surface area contributed by atoms with E-state index in [1.807, 2.05) is 0 Å². The van der Waals surface area contributed by atoms with Gasteiger partial charge in [-0.05, 0) is 54.9 Å². The molecule has 40 heavy (non-hydrogen) atoms. The number of hydrogen-bond donors (Lipinski definition) is 4. The van der Waals surface area contributed by atoms with E-state index >= 15 is 0 Å². The van der Waals surface area contributed by atoms with Gasteiger partial charge in [0.2, 0.25) is 17.2 Å². The minimum Gasteiger partial charge on any atom is -0.495 e. The SMILES string of the molecule is COCC(COC)N1CCc2cc(Nc3ncc(Cl)c(N[C@@H]4CCCC[C@@H]4CNS(=O)O)n3)c(OC)cc2CC1. The van der Waals surface area contributed by atoms with Crippen molar-refractivity contribution in [1.29, 1.82) is 0 Å². The summed E-state index contributed by atoms with van der Waals surface area (Å²) in [5.74, 6) is 1.85. The molecule has 0 amide bonds. The van der Waals surface area contributed by atoms with Gasteiger partial charge < -0.3 is 24.8 Å². The lowest BCUT2D eigenvalue weighted by Crippen LogP contribution is -2.43. The average molecular weight is 597 g/mol. The number of aromatic nitrogens is 2. The first-order valence-electron chi connectivity index (χ1n) is 13.7. The zero-order valence-electron chi connectivity index (χ0n) is 23.5. The van der Waals surface area contributed by atoms with Crippen LogP contribution in [0, 0.1) is 5.92 Å². The van der Waals surface area contributed by atoms with E-state index in [0.29, 0.717) is 36.5 Å². The van der Waals surface area contributed by atoms with Crippen molar-refractivity contribution in [2.45, 2.75) is 50.6 Å². The van der Waals surface area contributed by atoms with Crippen LogP contribution in [-0.4, -0.2) is 89.9 Å². The summed E-state index contributed by atoms with van der Waals surface area (Å²) >= 11 is 4.45. The second-order valence-corrected chi connectivity index (χ2v) is 11.5. The summed E-state index contributed by atoms with van der Waals surface area (Å²) in [6, 6.07) is 4.52. The van der Waals surface area contributed by atoms with Crippen molar-refractivity contribution in [3.05, 3.63) is 34.5 Å². The molecule has 2 heterocycles. The Bertz CT molecular complexity index is 1140. The van der Waals surface area contributed by atoms with Gasteiger partial charge in [0, 0.05) is 39.9 Å². The molecule has 11 nitrogen and oxygen atoms in total. The number of ether oxygens (including phenoxy) is 3.